The number of hydrogen-bond donors (Lipinski definition) is 0. The van der Waals surface area contributed by atoms with E-state index in [2.05, 4.69) is 0 Å². The maximum atomic E-state index is 10.2. The van der Waals surface area contributed by atoms with E-state index in [0.29, 0.717) is 0 Å². The fraction of sp³-hybridized carbons (Fsp3) is 0.833. The quantitative estimate of drug-likeness (QED) is 0.470. The number of hydrogen-bond acceptors (Lipinski definition) is 2. The SMILES string of the molecule is CC1(C=O)CCCO1. The van der Waals surface area contributed by atoms with Crippen molar-refractivity contribution in [2.45, 2.75) is 25.4 Å². The first-order chi connectivity index (χ1) is 3.77. The minimum Gasteiger partial charge on any atom is -0.368 e. The van der Waals surface area contributed by atoms with E-state index in [1.165, 1.54) is 0 Å². The molecular weight excluding hydrogens is 104 g/mol. The van der Waals surface area contributed by atoms with Gasteiger partial charge >= 0.3 is 0 Å². The van der Waals surface area contributed by atoms with Crippen molar-refractivity contribution in [3.8, 4) is 0 Å². The van der Waals surface area contributed by atoms with Crippen molar-refractivity contribution < 1.29 is 9.53 Å². The lowest BCUT2D eigenvalue weighted by Crippen LogP contribution is -2.23. The maximum absolute atomic E-state index is 10.2. The summed E-state index contributed by atoms with van der Waals surface area (Å²) >= 11 is 0. The third kappa shape index (κ3) is 0.892. The van der Waals surface area contributed by atoms with Gasteiger partial charge in [0.15, 0.2) is 6.29 Å². The summed E-state index contributed by atoms with van der Waals surface area (Å²) in [6.45, 7) is 2.57. The zero-order valence-electron chi connectivity index (χ0n) is 5.02. The summed E-state index contributed by atoms with van der Waals surface area (Å²) in [6, 6.07) is 0. The van der Waals surface area contributed by atoms with Gasteiger partial charge in [0.05, 0.1) is 0 Å². The van der Waals surface area contributed by atoms with Crippen LogP contribution in [0.2, 0.25) is 0 Å². The van der Waals surface area contributed by atoms with Crippen molar-refractivity contribution in [3.05, 3.63) is 0 Å². The third-order valence-electron chi connectivity index (χ3n) is 1.50. The van der Waals surface area contributed by atoms with E-state index in [4.69, 9.17) is 4.74 Å². The largest absolute Gasteiger partial charge is 0.368 e. The van der Waals surface area contributed by atoms with Crippen LogP contribution in [0.5, 0.6) is 0 Å². The molecule has 1 saturated heterocycles. The molecule has 0 saturated carbocycles. The second-order valence-electron chi connectivity index (χ2n) is 2.38. The predicted molar refractivity (Wildman–Crippen MR) is 29.7 cm³/mol. The van der Waals surface area contributed by atoms with Crippen LogP contribution in [-0.4, -0.2) is 18.5 Å². The Morgan fingerprint density at radius 3 is 2.75 bits per heavy atom. The summed E-state index contributed by atoms with van der Waals surface area (Å²) in [7, 11) is 0. The summed E-state index contributed by atoms with van der Waals surface area (Å²) in [5, 5.41) is 0. The zero-order chi connectivity index (χ0) is 6.04. The van der Waals surface area contributed by atoms with Gasteiger partial charge in [-0.3, -0.25) is 0 Å². The van der Waals surface area contributed by atoms with E-state index in [-0.39, 0.29) is 0 Å². The Kier molecular flexibility index (Phi) is 1.34. The van der Waals surface area contributed by atoms with Crippen LogP contribution in [0.25, 0.3) is 0 Å². The molecule has 0 aromatic rings. The van der Waals surface area contributed by atoms with Crippen LogP contribution in [0.15, 0.2) is 0 Å². The fourth-order valence-electron chi connectivity index (χ4n) is 0.894. The molecule has 0 N–H and O–H groups in total. The first-order valence-corrected chi connectivity index (χ1v) is 2.87. The van der Waals surface area contributed by atoms with Gasteiger partial charge in [-0.15, -0.1) is 0 Å². The van der Waals surface area contributed by atoms with Crippen LogP contribution in [0.1, 0.15) is 19.8 Å². The lowest BCUT2D eigenvalue weighted by molar-refractivity contribution is -0.123. The second kappa shape index (κ2) is 1.86. The van der Waals surface area contributed by atoms with Crippen molar-refractivity contribution in [2.24, 2.45) is 0 Å². The lowest BCUT2D eigenvalue weighted by Gasteiger charge is -2.12. The monoisotopic (exact) mass is 114 g/mol. The smallest absolute Gasteiger partial charge is 0.151 e. The predicted octanol–water partition coefficient (Wildman–Crippen LogP) is 0.754. The van der Waals surface area contributed by atoms with Gasteiger partial charge in [-0.25, -0.2) is 0 Å². The molecule has 0 aliphatic carbocycles. The Labute approximate surface area is 48.8 Å². The highest BCUT2D eigenvalue weighted by Crippen LogP contribution is 2.21. The molecular formula is C6H10O2. The van der Waals surface area contributed by atoms with E-state index >= 15 is 0 Å². The molecule has 1 heterocycles. The van der Waals surface area contributed by atoms with Crippen LogP contribution in [-0.2, 0) is 9.53 Å². The molecule has 1 aliphatic heterocycles. The number of carbonyl (C=O) groups is 1. The fourth-order valence-corrected chi connectivity index (χ4v) is 0.894. The van der Waals surface area contributed by atoms with E-state index in [0.717, 1.165) is 25.7 Å². The third-order valence-corrected chi connectivity index (χ3v) is 1.50. The molecule has 8 heavy (non-hydrogen) atoms. The Hall–Kier alpha value is -0.370. The summed E-state index contributed by atoms with van der Waals surface area (Å²) in [6.07, 6.45) is 2.80. The molecule has 1 rings (SSSR count). The van der Waals surface area contributed by atoms with E-state index in [1.807, 2.05) is 6.92 Å². The van der Waals surface area contributed by atoms with Gasteiger partial charge < -0.3 is 9.53 Å². The van der Waals surface area contributed by atoms with Crippen molar-refractivity contribution in [1.29, 1.82) is 0 Å². The molecule has 1 atom stereocenters. The minimum atomic E-state index is -0.444. The van der Waals surface area contributed by atoms with Crippen LogP contribution in [0.4, 0.5) is 0 Å². The molecule has 2 nitrogen and oxygen atoms in total. The number of aldehydes is 1. The first-order valence-electron chi connectivity index (χ1n) is 2.87. The Balaban J connectivity index is 2.52. The molecule has 0 radical (unpaired) electrons. The van der Waals surface area contributed by atoms with Crippen molar-refractivity contribution in [1.82, 2.24) is 0 Å². The molecule has 1 aliphatic rings. The molecule has 0 amide bonds. The Morgan fingerprint density at radius 2 is 2.50 bits per heavy atom. The van der Waals surface area contributed by atoms with Crippen molar-refractivity contribution >= 4 is 6.29 Å². The van der Waals surface area contributed by atoms with Crippen molar-refractivity contribution in [2.75, 3.05) is 6.61 Å². The zero-order valence-corrected chi connectivity index (χ0v) is 5.02. The van der Waals surface area contributed by atoms with Gasteiger partial charge in [0.1, 0.15) is 5.60 Å². The Bertz CT molecular complexity index is 92.7. The number of carbonyl (C=O) groups excluding carboxylic acids is 1. The molecule has 2 heteroatoms. The molecule has 0 aromatic carbocycles. The molecule has 0 aromatic heterocycles. The normalized spacial score (nSPS) is 37.6. The van der Waals surface area contributed by atoms with Gasteiger partial charge in [0, 0.05) is 6.61 Å². The van der Waals surface area contributed by atoms with E-state index in [1.54, 1.807) is 0 Å². The van der Waals surface area contributed by atoms with Crippen LogP contribution in [0, 0.1) is 0 Å². The van der Waals surface area contributed by atoms with E-state index < -0.39 is 5.60 Å². The summed E-state index contributed by atoms with van der Waals surface area (Å²) < 4.78 is 5.12. The van der Waals surface area contributed by atoms with Gasteiger partial charge in [0.2, 0.25) is 0 Å². The molecule has 46 valence electrons. The van der Waals surface area contributed by atoms with Gasteiger partial charge in [-0.1, -0.05) is 0 Å². The molecule has 1 fully saturated rings. The summed E-state index contributed by atoms with van der Waals surface area (Å²) in [5.74, 6) is 0. The van der Waals surface area contributed by atoms with Gasteiger partial charge in [0.25, 0.3) is 0 Å². The topological polar surface area (TPSA) is 26.3 Å². The average Bonchev–Trinajstić information content (AvgIpc) is 2.17. The number of rotatable bonds is 1. The summed E-state index contributed by atoms with van der Waals surface area (Å²) in [5.41, 5.74) is -0.444. The highest BCUT2D eigenvalue weighted by molar-refractivity contribution is 5.62. The second-order valence-corrected chi connectivity index (χ2v) is 2.38. The highest BCUT2D eigenvalue weighted by atomic mass is 16.5. The van der Waals surface area contributed by atoms with Crippen LogP contribution >= 0.6 is 0 Å². The standard InChI is InChI=1S/C6H10O2/c1-6(5-7)3-2-4-8-6/h5H,2-4H2,1H3. The van der Waals surface area contributed by atoms with Crippen LogP contribution in [0.3, 0.4) is 0 Å². The van der Waals surface area contributed by atoms with Crippen LogP contribution < -0.4 is 0 Å². The Morgan fingerprint density at radius 1 is 1.75 bits per heavy atom. The molecule has 1 unspecified atom stereocenters. The number of ether oxygens (including phenoxy) is 1. The van der Waals surface area contributed by atoms with Gasteiger partial charge in [-0.2, -0.15) is 0 Å². The molecule has 0 spiro atoms. The maximum Gasteiger partial charge on any atom is 0.151 e. The van der Waals surface area contributed by atoms with Crippen molar-refractivity contribution in [3.63, 3.8) is 0 Å². The minimum absolute atomic E-state index is 0.444. The summed E-state index contributed by atoms with van der Waals surface area (Å²) in [4.78, 5) is 10.2. The highest BCUT2D eigenvalue weighted by Gasteiger charge is 2.28. The van der Waals surface area contributed by atoms with Gasteiger partial charge in [-0.05, 0) is 19.8 Å². The van der Waals surface area contributed by atoms with E-state index in [9.17, 15) is 4.79 Å². The average molecular weight is 114 g/mol. The molecule has 0 bridgehead atoms. The lowest BCUT2D eigenvalue weighted by atomic mass is 10.1. The first kappa shape index (κ1) is 5.76.